The molecule has 0 aromatic heterocycles. The van der Waals surface area contributed by atoms with E-state index < -0.39 is 5.60 Å². The lowest BCUT2D eigenvalue weighted by atomic mass is 9.90. The molecule has 1 unspecified atom stereocenters. The van der Waals surface area contributed by atoms with E-state index in [0.29, 0.717) is 6.61 Å². The summed E-state index contributed by atoms with van der Waals surface area (Å²) >= 11 is 0. The molecule has 0 saturated carbocycles. The molecule has 1 aliphatic rings. The maximum absolute atomic E-state index is 12.2. The largest absolute Gasteiger partial charge is 0.444 e. The predicted octanol–water partition coefficient (Wildman–Crippen LogP) is 3.06. The van der Waals surface area contributed by atoms with Gasteiger partial charge in [0.15, 0.2) is 0 Å². The van der Waals surface area contributed by atoms with Gasteiger partial charge >= 0.3 is 6.09 Å². The highest BCUT2D eigenvalue weighted by molar-refractivity contribution is 5.69. The maximum atomic E-state index is 12.2. The molecule has 0 spiro atoms. The van der Waals surface area contributed by atoms with Gasteiger partial charge in [0.2, 0.25) is 0 Å². The Morgan fingerprint density at radius 3 is 2.50 bits per heavy atom. The van der Waals surface area contributed by atoms with Crippen molar-refractivity contribution in [1.29, 1.82) is 0 Å². The average molecular weight is 257 g/mol. The minimum Gasteiger partial charge on any atom is -0.444 e. The lowest BCUT2D eigenvalue weighted by molar-refractivity contribution is 0.0191. The van der Waals surface area contributed by atoms with Gasteiger partial charge in [-0.1, -0.05) is 13.8 Å². The molecule has 1 rings (SSSR count). The summed E-state index contributed by atoms with van der Waals surface area (Å²) in [6.07, 6.45) is 1.68. The summed E-state index contributed by atoms with van der Waals surface area (Å²) in [5.41, 5.74) is -0.273. The Labute approximate surface area is 111 Å². The van der Waals surface area contributed by atoms with Crippen molar-refractivity contribution in [3.63, 3.8) is 0 Å². The number of methoxy groups -OCH3 is 1. The highest BCUT2D eigenvalue weighted by Crippen LogP contribution is 2.36. The highest BCUT2D eigenvalue weighted by Gasteiger charge is 2.41. The molecule has 4 heteroatoms. The number of likely N-dealkylation sites (tertiary alicyclic amines) is 1. The summed E-state index contributed by atoms with van der Waals surface area (Å²) < 4.78 is 10.6. The minimum atomic E-state index is -0.435. The van der Waals surface area contributed by atoms with Crippen molar-refractivity contribution in [2.24, 2.45) is 5.41 Å². The molecule has 1 saturated heterocycles. The van der Waals surface area contributed by atoms with Crippen molar-refractivity contribution in [3.8, 4) is 0 Å². The number of rotatable bonds is 3. The van der Waals surface area contributed by atoms with Crippen LogP contribution in [-0.2, 0) is 9.47 Å². The standard InChI is InChI=1S/C14H27NO3/c1-13(2,3)18-12(16)15-10-14(4,5)9-11(15)7-8-17-6/h11H,7-10H2,1-6H3. The Morgan fingerprint density at radius 1 is 1.39 bits per heavy atom. The van der Waals surface area contributed by atoms with Crippen LogP contribution in [0.4, 0.5) is 4.79 Å². The molecule has 1 fully saturated rings. The molecule has 0 N–H and O–H groups in total. The Kier molecular flexibility index (Phi) is 4.65. The highest BCUT2D eigenvalue weighted by atomic mass is 16.6. The topological polar surface area (TPSA) is 38.8 Å². The molecule has 0 radical (unpaired) electrons. The summed E-state index contributed by atoms with van der Waals surface area (Å²) in [6.45, 7) is 11.5. The number of amides is 1. The lowest BCUT2D eigenvalue weighted by Crippen LogP contribution is -2.40. The fourth-order valence-corrected chi connectivity index (χ4v) is 2.45. The van der Waals surface area contributed by atoms with Crippen LogP contribution in [0.25, 0.3) is 0 Å². The predicted molar refractivity (Wildman–Crippen MR) is 71.6 cm³/mol. The SMILES string of the molecule is COCCC1CC(C)(C)CN1C(=O)OC(C)(C)C. The zero-order chi connectivity index (χ0) is 14.0. The van der Waals surface area contributed by atoms with Crippen LogP contribution < -0.4 is 0 Å². The van der Waals surface area contributed by atoms with Gasteiger partial charge in [0.1, 0.15) is 5.60 Å². The number of carbonyl (C=O) groups is 1. The zero-order valence-corrected chi connectivity index (χ0v) is 12.6. The maximum Gasteiger partial charge on any atom is 0.410 e. The third-order valence-electron chi connectivity index (χ3n) is 3.11. The summed E-state index contributed by atoms with van der Waals surface area (Å²) in [6, 6.07) is 0.231. The Morgan fingerprint density at radius 2 is 2.00 bits per heavy atom. The zero-order valence-electron chi connectivity index (χ0n) is 12.6. The van der Waals surface area contributed by atoms with E-state index in [0.717, 1.165) is 19.4 Å². The van der Waals surface area contributed by atoms with E-state index in [1.54, 1.807) is 7.11 Å². The van der Waals surface area contributed by atoms with Crippen LogP contribution in [0.15, 0.2) is 0 Å². The van der Waals surface area contributed by atoms with Crippen LogP contribution in [0.3, 0.4) is 0 Å². The molecule has 18 heavy (non-hydrogen) atoms. The summed E-state index contributed by atoms with van der Waals surface area (Å²) in [5.74, 6) is 0. The second-order valence-electron chi connectivity index (χ2n) is 6.91. The van der Waals surface area contributed by atoms with Gasteiger partial charge in [0.25, 0.3) is 0 Å². The summed E-state index contributed by atoms with van der Waals surface area (Å²) in [4.78, 5) is 14.1. The minimum absolute atomic E-state index is 0.162. The third-order valence-corrected chi connectivity index (χ3v) is 3.11. The molecule has 106 valence electrons. The Bertz CT molecular complexity index is 294. The van der Waals surface area contributed by atoms with Gasteiger partial charge in [0.05, 0.1) is 0 Å². The van der Waals surface area contributed by atoms with Crippen LogP contribution >= 0.6 is 0 Å². The first-order chi connectivity index (χ1) is 8.14. The van der Waals surface area contributed by atoms with Crippen molar-refractivity contribution < 1.29 is 14.3 Å². The molecule has 1 amide bonds. The van der Waals surface area contributed by atoms with Crippen molar-refractivity contribution in [2.45, 2.75) is 59.1 Å². The lowest BCUT2D eigenvalue weighted by Gasteiger charge is -2.28. The van der Waals surface area contributed by atoms with Gasteiger partial charge in [-0.3, -0.25) is 0 Å². The fraction of sp³-hybridized carbons (Fsp3) is 0.929. The van der Waals surface area contributed by atoms with E-state index in [-0.39, 0.29) is 17.6 Å². The number of hydrogen-bond donors (Lipinski definition) is 0. The summed E-state index contributed by atoms with van der Waals surface area (Å²) in [7, 11) is 1.69. The van der Waals surface area contributed by atoms with Crippen molar-refractivity contribution in [2.75, 3.05) is 20.3 Å². The van der Waals surface area contributed by atoms with Crippen LogP contribution in [0.2, 0.25) is 0 Å². The number of hydrogen-bond acceptors (Lipinski definition) is 3. The fourth-order valence-electron chi connectivity index (χ4n) is 2.45. The van der Waals surface area contributed by atoms with E-state index in [1.165, 1.54) is 0 Å². The summed E-state index contributed by atoms with van der Waals surface area (Å²) in [5, 5.41) is 0. The second kappa shape index (κ2) is 5.47. The molecule has 1 heterocycles. The van der Waals surface area contributed by atoms with Crippen molar-refractivity contribution in [3.05, 3.63) is 0 Å². The van der Waals surface area contributed by atoms with Crippen LogP contribution in [0.1, 0.15) is 47.5 Å². The van der Waals surface area contributed by atoms with Gasteiger partial charge < -0.3 is 14.4 Å². The van der Waals surface area contributed by atoms with E-state index in [2.05, 4.69) is 13.8 Å². The van der Waals surface area contributed by atoms with Crippen LogP contribution in [-0.4, -0.2) is 42.9 Å². The van der Waals surface area contributed by atoms with Gasteiger partial charge in [-0.15, -0.1) is 0 Å². The number of ether oxygens (including phenoxy) is 2. The first-order valence-electron chi connectivity index (χ1n) is 6.63. The number of carbonyl (C=O) groups excluding carboxylic acids is 1. The van der Waals surface area contributed by atoms with Gasteiger partial charge in [-0.25, -0.2) is 4.79 Å². The van der Waals surface area contributed by atoms with Gasteiger partial charge in [0, 0.05) is 26.3 Å². The van der Waals surface area contributed by atoms with E-state index in [9.17, 15) is 4.79 Å². The Balaban J connectivity index is 2.68. The van der Waals surface area contributed by atoms with E-state index in [1.807, 2.05) is 25.7 Å². The molecule has 0 aromatic carbocycles. The van der Waals surface area contributed by atoms with Crippen molar-refractivity contribution in [1.82, 2.24) is 4.90 Å². The van der Waals surface area contributed by atoms with E-state index in [4.69, 9.17) is 9.47 Å². The smallest absolute Gasteiger partial charge is 0.410 e. The normalized spacial score (nSPS) is 23.2. The molecular formula is C14H27NO3. The average Bonchev–Trinajstić information content (AvgIpc) is 2.48. The molecular weight excluding hydrogens is 230 g/mol. The van der Waals surface area contributed by atoms with Crippen LogP contribution in [0.5, 0.6) is 0 Å². The first kappa shape index (κ1) is 15.3. The molecule has 0 aromatic rings. The molecule has 1 atom stereocenters. The number of nitrogens with zero attached hydrogens (tertiary/aromatic N) is 1. The van der Waals surface area contributed by atoms with Crippen molar-refractivity contribution >= 4 is 6.09 Å². The quantitative estimate of drug-likeness (QED) is 0.780. The van der Waals surface area contributed by atoms with Gasteiger partial charge in [-0.05, 0) is 39.0 Å². The molecule has 4 nitrogen and oxygen atoms in total. The molecule has 0 aliphatic carbocycles. The Hall–Kier alpha value is -0.770. The van der Waals surface area contributed by atoms with Crippen LogP contribution in [0, 0.1) is 5.41 Å². The molecule has 0 bridgehead atoms. The third kappa shape index (κ3) is 4.48. The first-order valence-corrected chi connectivity index (χ1v) is 6.63. The van der Waals surface area contributed by atoms with Gasteiger partial charge in [-0.2, -0.15) is 0 Å². The molecule has 1 aliphatic heterocycles. The van der Waals surface area contributed by atoms with E-state index >= 15 is 0 Å². The monoisotopic (exact) mass is 257 g/mol. The second-order valence-corrected chi connectivity index (χ2v) is 6.91.